The molecule has 8 heteroatoms. The number of urea groups is 1. The summed E-state index contributed by atoms with van der Waals surface area (Å²) in [7, 11) is 2.98. The first-order valence-electron chi connectivity index (χ1n) is 8.26. The molecule has 1 aromatic heterocycles. The van der Waals surface area contributed by atoms with E-state index in [2.05, 4.69) is 10.3 Å². The summed E-state index contributed by atoms with van der Waals surface area (Å²) in [4.78, 5) is 44.1. The SMILES string of the molecule is CN1C(=O)C(CC(=O)NCCc2nc3c(s2)CCCC3)N(C)C1=O. The average Bonchev–Trinajstić information content (AvgIpc) is 3.06. The summed E-state index contributed by atoms with van der Waals surface area (Å²) in [6.45, 7) is 0.500. The van der Waals surface area contributed by atoms with Gasteiger partial charge in [0.2, 0.25) is 5.91 Å². The molecular weight excluding hydrogens is 328 g/mol. The number of carbonyl (C=O) groups excluding carboxylic acids is 3. The Bertz CT molecular complexity index is 649. The minimum absolute atomic E-state index is 0.000216. The fourth-order valence-electron chi connectivity index (χ4n) is 3.15. The summed E-state index contributed by atoms with van der Waals surface area (Å²) in [6, 6.07) is -1.07. The van der Waals surface area contributed by atoms with Crippen LogP contribution < -0.4 is 5.32 Å². The van der Waals surface area contributed by atoms with Crippen molar-refractivity contribution >= 4 is 29.2 Å². The van der Waals surface area contributed by atoms with Crippen molar-refractivity contribution in [2.45, 2.75) is 44.6 Å². The van der Waals surface area contributed by atoms with Gasteiger partial charge in [-0.25, -0.2) is 9.78 Å². The van der Waals surface area contributed by atoms with Gasteiger partial charge in [0, 0.05) is 31.9 Å². The first kappa shape index (κ1) is 16.9. The van der Waals surface area contributed by atoms with Gasteiger partial charge in [-0.1, -0.05) is 0 Å². The van der Waals surface area contributed by atoms with Crippen LogP contribution in [-0.2, 0) is 28.9 Å². The van der Waals surface area contributed by atoms with Gasteiger partial charge in [0.1, 0.15) is 6.04 Å². The summed E-state index contributed by atoms with van der Waals surface area (Å²) in [5.74, 6) is -0.546. The molecule has 1 saturated heterocycles. The van der Waals surface area contributed by atoms with Gasteiger partial charge in [-0.2, -0.15) is 0 Å². The summed E-state index contributed by atoms with van der Waals surface area (Å²) < 4.78 is 0. The molecule has 0 spiro atoms. The van der Waals surface area contributed by atoms with Crippen LogP contribution in [0.3, 0.4) is 0 Å². The second kappa shape index (κ2) is 6.88. The number of hydrogen-bond acceptors (Lipinski definition) is 5. The first-order chi connectivity index (χ1) is 11.5. The van der Waals surface area contributed by atoms with Gasteiger partial charge in [0.05, 0.1) is 17.1 Å². The van der Waals surface area contributed by atoms with E-state index in [4.69, 9.17) is 0 Å². The number of amides is 4. The highest BCUT2D eigenvalue weighted by Gasteiger charge is 2.41. The third kappa shape index (κ3) is 3.28. The van der Waals surface area contributed by atoms with Crippen LogP contribution in [0.15, 0.2) is 0 Å². The summed E-state index contributed by atoms with van der Waals surface area (Å²) in [6.07, 6.45) is 5.34. The minimum Gasteiger partial charge on any atom is -0.356 e. The van der Waals surface area contributed by atoms with Crippen LogP contribution in [0, 0.1) is 0 Å². The topological polar surface area (TPSA) is 82.6 Å². The van der Waals surface area contributed by atoms with Gasteiger partial charge in [-0.3, -0.25) is 14.5 Å². The van der Waals surface area contributed by atoms with Gasteiger partial charge in [0.25, 0.3) is 5.91 Å². The van der Waals surface area contributed by atoms with Gasteiger partial charge in [-0.05, 0) is 25.7 Å². The zero-order valence-corrected chi connectivity index (χ0v) is 14.8. The highest BCUT2D eigenvalue weighted by molar-refractivity contribution is 7.11. The third-order valence-corrected chi connectivity index (χ3v) is 5.82. The van der Waals surface area contributed by atoms with E-state index >= 15 is 0 Å². The van der Waals surface area contributed by atoms with E-state index in [9.17, 15) is 14.4 Å². The second-order valence-electron chi connectivity index (χ2n) is 6.30. The number of aryl methyl sites for hydroxylation is 2. The summed E-state index contributed by atoms with van der Waals surface area (Å²) >= 11 is 1.75. The molecule has 0 bridgehead atoms. The molecule has 1 aliphatic heterocycles. The lowest BCUT2D eigenvalue weighted by atomic mass is 10.0. The predicted molar refractivity (Wildman–Crippen MR) is 89.8 cm³/mol. The molecule has 0 aromatic carbocycles. The van der Waals surface area contributed by atoms with Crippen LogP contribution in [0.5, 0.6) is 0 Å². The van der Waals surface area contributed by atoms with Gasteiger partial charge >= 0.3 is 6.03 Å². The smallest absolute Gasteiger partial charge is 0.326 e. The maximum absolute atomic E-state index is 12.1. The molecule has 1 fully saturated rings. The van der Waals surface area contributed by atoms with E-state index in [0.29, 0.717) is 13.0 Å². The molecule has 24 heavy (non-hydrogen) atoms. The number of imide groups is 1. The van der Waals surface area contributed by atoms with E-state index < -0.39 is 6.04 Å². The lowest BCUT2D eigenvalue weighted by Crippen LogP contribution is -2.37. The molecule has 4 amide bonds. The van der Waals surface area contributed by atoms with Crippen LogP contribution in [0.1, 0.15) is 34.8 Å². The number of nitrogens with one attached hydrogen (secondary N) is 1. The number of thiazole rings is 1. The van der Waals surface area contributed by atoms with Crippen molar-refractivity contribution in [3.05, 3.63) is 15.6 Å². The number of rotatable bonds is 5. The Labute approximate surface area is 145 Å². The first-order valence-corrected chi connectivity index (χ1v) is 9.07. The van der Waals surface area contributed by atoms with Gasteiger partial charge < -0.3 is 10.2 Å². The molecule has 2 heterocycles. The monoisotopic (exact) mass is 350 g/mol. The maximum Gasteiger partial charge on any atom is 0.326 e. The largest absolute Gasteiger partial charge is 0.356 e. The van der Waals surface area contributed by atoms with Crippen LogP contribution in [0.4, 0.5) is 4.79 Å². The quantitative estimate of drug-likeness (QED) is 0.802. The third-order valence-electron chi connectivity index (χ3n) is 4.60. The van der Waals surface area contributed by atoms with Crippen LogP contribution in [0.2, 0.25) is 0 Å². The van der Waals surface area contributed by atoms with Crippen molar-refractivity contribution in [2.75, 3.05) is 20.6 Å². The maximum atomic E-state index is 12.1. The summed E-state index contributed by atoms with van der Waals surface area (Å²) in [5.41, 5.74) is 1.23. The number of hydrogen-bond donors (Lipinski definition) is 1. The molecule has 2 aliphatic rings. The Morgan fingerprint density at radius 1 is 1.29 bits per heavy atom. The molecule has 3 rings (SSSR count). The van der Waals surface area contributed by atoms with E-state index in [1.807, 2.05) is 0 Å². The molecule has 0 radical (unpaired) electrons. The molecule has 1 atom stereocenters. The zero-order chi connectivity index (χ0) is 17.3. The second-order valence-corrected chi connectivity index (χ2v) is 7.46. The predicted octanol–water partition coefficient (Wildman–Crippen LogP) is 0.963. The lowest BCUT2D eigenvalue weighted by molar-refractivity contribution is -0.131. The molecule has 0 saturated carbocycles. The van der Waals surface area contributed by atoms with Crippen molar-refractivity contribution in [1.82, 2.24) is 20.1 Å². The number of carbonyl (C=O) groups is 3. The number of fused-ring (bicyclic) bond motifs is 1. The van der Waals surface area contributed by atoms with Crippen LogP contribution in [0.25, 0.3) is 0 Å². The van der Waals surface area contributed by atoms with E-state index in [0.717, 1.165) is 22.7 Å². The molecule has 7 nitrogen and oxygen atoms in total. The Kier molecular flexibility index (Phi) is 4.84. The van der Waals surface area contributed by atoms with Crippen molar-refractivity contribution in [1.29, 1.82) is 0 Å². The molecule has 1 unspecified atom stereocenters. The lowest BCUT2D eigenvalue weighted by Gasteiger charge is -2.15. The Balaban J connectivity index is 1.47. The van der Waals surface area contributed by atoms with Crippen LogP contribution in [-0.4, -0.2) is 59.3 Å². The van der Waals surface area contributed by atoms with Crippen molar-refractivity contribution in [3.8, 4) is 0 Å². The molecule has 1 aromatic rings. The van der Waals surface area contributed by atoms with Crippen molar-refractivity contribution in [3.63, 3.8) is 0 Å². The highest BCUT2D eigenvalue weighted by Crippen LogP contribution is 2.26. The van der Waals surface area contributed by atoms with Crippen molar-refractivity contribution in [2.24, 2.45) is 0 Å². The van der Waals surface area contributed by atoms with Crippen molar-refractivity contribution < 1.29 is 14.4 Å². The van der Waals surface area contributed by atoms with E-state index in [1.165, 1.54) is 35.4 Å². The normalized spacial score (nSPS) is 20.5. The molecule has 1 N–H and O–H groups in total. The van der Waals surface area contributed by atoms with E-state index in [-0.39, 0.29) is 24.3 Å². The number of nitrogens with zero attached hydrogens (tertiary/aromatic N) is 3. The van der Waals surface area contributed by atoms with Crippen LogP contribution >= 0.6 is 11.3 Å². The fourth-order valence-corrected chi connectivity index (χ4v) is 4.30. The average molecular weight is 350 g/mol. The van der Waals surface area contributed by atoms with Gasteiger partial charge in [0.15, 0.2) is 0 Å². The molecular formula is C16H22N4O3S. The fraction of sp³-hybridized carbons (Fsp3) is 0.625. The number of aromatic nitrogens is 1. The summed E-state index contributed by atoms with van der Waals surface area (Å²) in [5, 5.41) is 3.89. The standard InChI is InChI=1S/C16H22N4O3S/c1-19-11(15(22)20(2)16(19)23)9-13(21)17-8-7-14-18-10-5-3-4-6-12(10)24-14/h11H,3-9H2,1-2H3,(H,17,21). The van der Waals surface area contributed by atoms with E-state index in [1.54, 1.807) is 18.4 Å². The number of likely N-dealkylation sites (N-methyl/N-ethyl adjacent to an activating group) is 2. The Hall–Kier alpha value is -1.96. The highest BCUT2D eigenvalue weighted by atomic mass is 32.1. The molecule has 130 valence electrons. The van der Waals surface area contributed by atoms with Gasteiger partial charge in [-0.15, -0.1) is 11.3 Å². The Morgan fingerprint density at radius 2 is 2.04 bits per heavy atom. The minimum atomic E-state index is -0.699. The zero-order valence-electron chi connectivity index (χ0n) is 14.0. The molecule has 1 aliphatic carbocycles. The Morgan fingerprint density at radius 3 is 2.71 bits per heavy atom.